The molecule has 1 aromatic carbocycles. The van der Waals surface area contributed by atoms with Gasteiger partial charge >= 0.3 is 5.97 Å². The zero-order valence-corrected chi connectivity index (χ0v) is 15.5. The van der Waals surface area contributed by atoms with Gasteiger partial charge in [-0.2, -0.15) is 0 Å². The number of aromatic amines is 1. The number of ether oxygens (including phenoxy) is 1. The number of methoxy groups -OCH3 is 1. The lowest BCUT2D eigenvalue weighted by Crippen LogP contribution is -2.48. The SMILES string of the molecule is COC(=O)C(Cc1c[nH]c2ccccc12)NC(=O)CNC(=O)C(C)(C)C. The second kappa shape index (κ2) is 8.03. The van der Waals surface area contributed by atoms with Crippen LogP contribution >= 0.6 is 0 Å². The second-order valence-corrected chi connectivity index (χ2v) is 7.14. The van der Waals surface area contributed by atoms with Crippen LogP contribution in [-0.4, -0.2) is 42.5 Å². The molecule has 0 fully saturated rings. The first-order valence-corrected chi connectivity index (χ1v) is 8.43. The van der Waals surface area contributed by atoms with Gasteiger partial charge in [0.25, 0.3) is 0 Å². The third-order valence-corrected chi connectivity index (χ3v) is 4.01. The Morgan fingerprint density at radius 3 is 2.54 bits per heavy atom. The first-order chi connectivity index (χ1) is 12.2. The number of para-hydroxylation sites is 1. The largest absolute Gasteiger partial charge is 0.467 e. The molecule has 0 spiro atoms. The topological polar surface area (TPSA) is 100 Å². The van der Waals surface area contributed by atoms with Crippen LogP contribution in [0.1, 0.15) is 26.3 Å². The third kappa shape index (κ3) is 4.84. The van der Waals surface area contributed by atoms with Crippen molar-refractivity contribution in [2.24, 2.45) is 5.41 Å². The van der Waals surface area contributed by atoms with Gasteiger partial charge < -0.3 is 20.4 Å². The molecule has 2 rings (SSSR count). The molecule has 1 heterocycles. The Bertz CT molecular complexity index is 804. The van der Waals surface area contributed by atoms with E-state index in [-0.39, 0.29) is 18.9 Å². The van der Waals surface area contributed by atoms with Crippen LogP contribution < -0.4 is 10.6 Å². The van der Waals surface area contributed by atoms with Crippen LogP contribution in [0.2, 0.25) is 0 Å². The maximum Gasteiger partial charge on any atom is 0.328 e. The van der Waals surface area contributed by atoms with Crippen LogP contribution in [0.5, 0.6) is 0 Å². The third-order valence-electron chi connectivity index (χ3n) is 4.01. The molecule has 3 N–H and O–H groups in total. The van der Waals surface area contributed by atoms with Crippen molar-refractivity contribution in [2.75, 3.05) is 13.7 Å². The van der Waals surface area contributed by atoms with Crippen LogP contribution in [0.15, 0.2) is 30.5 Å². The predicted octanol–water partition coefficient (Wildman–Crippen LogP) is 1.53. The Labute approximate surface area is 152 Å². The van der Waals surface area contributed by atoms with E-state index >= 15 is 0 Å². The molecule has 0 aliphatic heterocycles. The monoisotopic (exact) mass is 359 g/mol. The van der Waals surface area contributed by atoms with Crippen LogP contribution in [0.4, 0.5) is 0 Å². The Balaban J connectivity index is 2.04. The Morgan fingerprint density at radius 1 is 1.19 bits per heavy atom. The molecule has 1 atom stereocenters. The van der Waals surface area contributed by atoms with Crippen molar-refractivity contribution in [3.8, 4) is 0 Å². The summed E-state index contributed by atoms with van der Waals surface area (Å²) >= 11 is 0. The number of esters is 1. The summed E-state index contributed by atoms with van der Waals surface area (Å²) < 4.78 is 4.80. The Kier molecular flexibility index (Phi) is 6.02. The number of amides is 2. The second-order valence-electron chi connectivity index (χ2n) is 7.14. The number of benzene rings is 1. The summed E-state index contributed by atoms with van der Waals surface area (Å²) in [5, 5.41) is 6.18. The summed E-state index contributed by atoms with van der Waals surface area (Å²) in [7, 11) is 1.28. The van der Waals surface area contributed by atoms with Gasteiger partial charge in [-0.1, -0.05) is 39.0 Å². The van der Waals surface area contributed by atoms with Crippen LogP contribution in [0.3, 0.4) is 0 Å². The van der Waals surface area contributed by atoms with E-state index in [1.165, 1.54) is 7.11 Å². The lowest BCUT2D eigenvalue weighted by Gasteiger charge is -2.19. The fourth-order valence-electron chi connectivity index (χ4n) is 2.53. The molecule has 140 valence electrons. The number of carbonyl (C=O) groups is 3. The van der Waals surface area contributed by atoms with Gasteiger partial charge in [0.1, 0.15) is 6.04 Å². The summed E-state index contributed by atoms with van der Waals surface area (Å²) in [4.78, 5) is 39.2. The minimum atomic E-state index is -0.835. The molecule has 0 aliphatic carbocycles. The van der Waals surface area contributed by atoms with Gasteiger partial charge in [0.15, 0.2) is 0 Å². The van der Waals surface area contributed by atoms with Gasteiger partial charge in [0.2, 0.25) is 11.8 Å². The maximum absolute atomic E-state index is 12.2. The van der Waals surface area contributed by atoms with E-state index in [1.807, 2.05) is 30.5 Å². The zero-order chi connectivity index (χ0) is 19.3. The molecule has 1 aromatic heterocycles. The number of hydrogen-bond donors (Lipinski definition) is 3. The molecule has 0 saturated heterocycles. The van der Waals surface area contributed by atoms with Gasteiger partial charge in [0.05, 0.1) is 13.7 Å². The molecule has 1 unspecified atom stereocenters. The Hall–Kier alpha value is -2.83. The highest BCUT2D eigenvalue weighted by atomic mass is 16.5. The lowest BCUT2D eigenvalue weighted by molar-refractivity contribution is -0.145. The summed E-state index contributed by atoms with van der Waals surface area (Å²) in [5.41, 5.74) is 1.26. The van der Waals surface area contributed by atoms with Crippen LogP contribution in [-0.2, 0) is 25.5 Å². The van der Waals surface area contributed by atoms with Crippen molar-refractivity contribution in [3.05, 3.63) is 36.0 Å². The smallest absolute Gasteiger partial charge is 0.328 e. The van der Waals surface area contributed by atoms with Crippen molar-refractivity contribution in [3.63, 3.8) is 0 Å². The molecule has 0 bridgehead atoms. The molecular weight excluding hydrogens is 334 g/mol. The summed E-state index contributed by atoms with van der Waals surface area (Å²) in [6, 6.07) is 6.87. The molecule has 2 amide bonds. The predicted molar refractivity (Wildman–Crippen MR) is 98.4 cm³/mol. The molecule has 0 aliphatic rings. The first-order valence-electron chi connectivity index (χ1n) is 8.43. The van der Waals surface area contributed by atoms with E-state index in [0.29, 0.717) is 0 Å². The number of H-pyrrole nitrogens is 1. The van der Waals surface area contributed by atoms with E-state index in [2.05, 4.69) is 15.6 Å². The average molecular weight is 359 g/mol. The number of fused-ring (bicyclic) bond motifs is 1. The van der Waals surface area contributed by atoms with Gasteiger partial charge in [-0.3, -0.25) is 9.59 Å². The van der Waals surface area contributed by atoms with Crippen LogP contribution in [0.25, 0.3) is 10.9 Å². The first kappa shape index (κ1) is 19.5. The standard InChI is InChI=1S/C19H25N3O4/c1-19(2,3)18(25)21-11-16(23)22-15(17(24)26-4)9-12-10-20-14-8-6-5-7-13(12)14/h5-8,10,15,20H,9,11H2,1-4H3,(H,21,25)(H,22,23). The Morgan fingerprint density at radius 2 is 1.88 bits per heavy atom. The van der Waals surface area contributed by atoms with Crippen molar-refractivity contribution < 1.29 is 19.1 Å². The fourth-order valence-corrected chi connectivity index (χ4v) is 2.53. The van der Waals surface area contributed by atoms with Crippen molar-refractivity contribution >= 4 is 28.7 Å². The summed E-state index contributed by atoms with van der Waals surface area (Å²) in [6.45, 7) is 5.08. The quantitative estimate of drug-likeness (QED) is 0.681. The minimum absolute atomic E-state index is 0.197. The van der Waals surface area contributed by atoms with E-state index in [0.717, 1.165) is 16.5 Å². The van der Waals surface area contributed by atoms with Gasteiger partial charge in [-0.15, -0.1) is 0 Å². The fraction of sp³-hybridized carbons (Fsp3) is 0.421. The van der Waals surface area contributed by atoms with Gasteiger partial charge in [-0.25, -0.2) is 4.79 Å². The minimum Gasteiger partial charge on any atom is -0.467 e. The number of aromatic nitrogens is 1. The zero-order valence-electron chi connectivity index (χ0n) is 15.5. The van der Waals surface area contributed by atoms with E-state index in [1.54, 1.807) is 20.8 Å². The van der Waals surface area contributed by atoms with Crippen molar-refractivity contribution in [1.82, 2.24) is 15.6 Å². The van der Waals surface area contributed by atoms with Crippen molar-refractivity contribution in [2.45, 2.75) is 33.2 Å². The van der Waals surface area contributed by atoms with Crippen LogP contribution in [0, 0.1) is 5.41 Å². The number of rotatable bonds is 6. The average Bonchev–Trinajstić information content (AvgIpc) is 3.00. The van der Waals surface area contributed by atoms with E-state index < -0.39 is 23.3 Å². The van der Waals surface area contributed by atoms with Gasteiger partial charge in [0, 0.05) is 28.9 Å². The molecule has 7 heteroatoms. The highest BCUT2D eigenvalue weighted by Gasteiger charge is 2.25. The summed E-state index contributed by atoms with van der Waals surface area (Å²) in [6.07, 6.45) is 2.10. The summed E-state index contributed by atoms with van der Waals surface area (Å²) in [5.74, 6) is -1.22. The van der Waals surface area contributed by atoms with Crippen molar-refractivity contribution in [1.29, 1.82) is 0 Å². The normalized spacial score (nSPS) is 12.5. The number of hydrogen-bond acceptors (Lipinski definition) is 4. The van der Waals surface area contributed by atoms with E-state index in [4.69, 9.17) is 4.74 Å². The number of nitrogens with one attached hydrogen (secondary N) is 3. The molecule has 7 nitrogen and oxygen atoms in total. The maximum atomic E-state index is 12.2. The number of carbonyl (C=O) groups excluding carboxylic acids is 3. The van der Waals surface area contributed by atoms with Gasteiger partial charge in [-0.05, 0) is 11.6 Å². The molecule has 2 aromatic rings. The highest BCUT2D eigenvalue weighted by molar-refractivity contribution is 5.90. The lowest BCUT2D eigenvalue weighted by atomic mass is 9.96. The molecule has 0 radical (unpaired) electrons. The molecule has 26 heavy (non-hydrogen) atoms. The van der Waals surface area contributed by atoms with E-state index in [9.17, 15) is 14.4 Å². The molecular formula is C19H25N3O4. The molecule has 0 saturated carbocycles. The highest BCUT2D eigenvalue weighted by Crippen LogP contribution is 2.19.